The van der Waals surface area contributed by atoms with Crippen LogP contribution in [-0.4, -0.2) is 28.4 Å². The van der Waals surface area contributed by atoms with E-state index in [1.165, 1.54) is 6.42 Å². The van der Waals surface area contributed by atoms with Crippen LogP contribution in [0.25, 0.3) is 0 Å². The summed E-state index contributed by atoms with van der Waals surface area (Å²) in [5.41, 5.74) is 0.667. The summed E-state index contributed by atoms with van der Waals surface area (Å²) in [6, 6.07) is 2.15. The monoisotopic (exact) mass is 296 g/mol. The standard InChI is InChI=1S/C13H17BrN2O/c1-9-4-3-5-16(10(9)2)13(17)11-6-12(14)8-15-7-11/h6-10H,3-5H2,1-2H3. The third-order valence-electron chi connectivity index (χ3n) is 3.59. The molecule has 1 aliphatic rings. The van der Waals surface area contributed by atoms with Crippen LogP contribution >= 0.6 is 15.9 Å². The Hall–Kier alpha value is -0.900. The Bertz CT molecular complexity index is 422. The molecule has 1 aromatic heterocycles. The quantitative estimate of drug-likeness (QED) is 0.798. The number of piperidine rings is 1. The molecule has 17 heavy (non-hydrogen) atoms. The van der Waals surface area contributed by atoms with Gasteiger partial charge in [-0.1, -0.05) is 6.92 Å². The van der Waals surface area contributed by atoms with Crippen molar-refractivity contribution in [2.75, 3.05) is 6.54 Å². The van der Waals surface area contributed by atoms with Crippen molar-refractivity contribution in [3.63, 3.8) is 0 Å². The van der Waals surface area contributed by atoms with Gasteiger partial charge in [-0.05, 0) is 47.7 Å². The second kappa shape index (κ2) is 5.17. The molecule has 3 nitrogen and oxygen atoms in total. The highest BCUT2D eigenvalue weighted by atomic mass is 79.9. The van der Waals surface area contributed by atoms with Crippen molar-refractivity contribution in [1.82, 2.24) is 9.88 Å². The molecule has 2 heterocycles. The minimum absolute atomic E-state index is 0.0952. The second-order valence-corrected chi connectivity index (χ2v) is 5.67. The predicted molar refractivity (Wildman–Crippen MR) is 70.8 cm³/mol. The molecule has 2 rings (SSSR count). The number of pyridine rings is 1. The molecule has 0 radical (unpaired) electrons. The van der Waals surface area contributed by atoms with Gasteiger partial charge < -0.3 is 4.90 Å². The molecular formula is C13H17BrN2O. The first-order chi connectivity index (χ1) is 8.09. The van der Waals surface area contributed by atoms with Gasteiger partial charge in [0.2, 0.25) is 0 Å². The molecule has 1 aromatic rings. The Morgan fingerprint density at radius 1 is 1.47 bits per heavy atom. The maximum absolute atomic E-state index is 12.4. The maximum atomic E-state index is 12.4. The molecule has 0 aromatic carbocycles. The lowest BCUT2D eigenvalue weighted by atomic mass is 9.91. The average molecular weight is 297 g/mol. The highest BCUT2D eigenvalue weighted by Gasteiger charge is 2.29. The van der Waals surface area contributed by atoms with Crippen molar-refractivity contribution in [2.45, 2.75) is 32.7 Å². The van der Waals surface area contributed by atoms with E-state index in [-0.39, 0.29) is 5.91 Å². The maximum Gasteiger partial charge on any atom is 0.255 e. The number of hydrogen-bond acceptors (Lipinski definition) is 2. The summed E-state index contributed by atoms with van der Waals surface area (Å²) >= 11 is 3.35. The van der Waals surface area contributed by atoms with Crippen LogP contribution in [0.5, 0.6) is 0 Å². The highest BCUT2D eigenvalue weighted by Crippen LogP contribution is 2.24. The molecule has 1 fully saturated rings. The average Bonchev–Trinajstić information content (AvgIpc) is 2.32. The SMILES string of the molecule is CC1CCCN(C(=O)c2cncc(Br)c2)C1C. The molecule has 2 atom stereocenters. The first kappa shape index (κ1) is 12.6. The molecular weight excluding hydrogens is 280 g/mol. The zero-order valence-electron chi connectivity index (χ0n) is 10.2. The minimum atomic E-state index is 0.0952. The fraction of sp³-hybridized carbons (Fsp3) is 0.538. The number of halogens is 1. The normalized spacial score (nSPS) is 24.8. The van der Waals surface area contributed by atoms with E-state index in [1.54, 1.807) is 12.4 Å². The lowest BCUT2D eigenvalue weighted by molar-refractivity contribution is 0.0550. The van der Waals surface area contributed by atoms with Crippen molar-refractivity contribution in [2.24, 2.45) is 5.92 Å². The first-order valence-corrected chi connectivity index (χ1v) is 6.80. The van der Waals surface area contributed by atoms with Crippen LogP contribution in [0.4, 0.5) is 0 Å². The van der Waals surface area contributed by atoms with Gasteiger partial charge in [0, 0.05) is 29.5 Å². The summed E-state index contributed by atoms with van der Waals surface area (Å²) in [7, 11) is 0. The molecule has 0 bridgehead atoms. The first-order valence-electron chi connectivity index (χ1n) is 6.01. The van der Waals surface area contributed by atoms with E-state index in [0.717, 1.165) is 17.4 Å². The van der Waals surface area contributed by atoms with Crippen molar-refractivity contribution in [3.05, 3.63) is 28.5 Å². The number of hydrogen-bond donors (Lipinski definition) is 0. The summed E-state index contributed by atoms with van der Waals surface area (Å²) in [6.07, 6.45) is 5.64. The van der Waals surface area contributed by atoms with E-state index in [1.807, 2.05) is 11.0 Å². The van der Waals surface area contributed by atoms with Gasteiger partial charge in [-0.25, -0.2) is 0 Å². The lowest BCUT2D eigenvalue weighted by Crippen LogP contribution is -2.46. The Morgan fingerprint density at radius 3 is 2.94 bits per heavy atom. The summed E-state index contributed by atoms with van der Waals surface area (Å²) in [6.45, 7) is 5.20. The minimum Gasteiger partial charge on any atom is -0.336 e. The van der Waals surface area contributed by atoms with Gasteiger partial charge in [-0.3, -0.25) is 9.78 Å². The van der Waals surface area contributed by atoms with Crippen LogP contribution in [0.15, 0.2) is 22.9 Å². The van der Waals surface area contributed by atoms with Gasteiger partial charge in [-0.15, -0.1) is 0 Å². The molecule has 0 aliphatic carbocycles. The number of likely N-dealkylation sites (tertiary alicyclic amines) is 1. The van der Waals surface area contributed by atoms with Crippen molar-refractivity contribution < 1.29 is 4.79 Å². The summed E-state index contributed by atoms with van der Waals surface area (Å²) in [4.78, 5) is 18.4. The molecule has 0 spiro atoms. The fourth-order valence-electron chi connectivity index (χ4n) is 2.32. The van der Waals surface area contributed by atoms with Crippen LogP contribution in [-0.2, 0) is 0 Å². The van der Waals surface area contributed by atoms with Crippen LogP contribution in [0.3, 0.4) is 0 Å². The van der Waals surface area contributed by atoms with Crippen molar-refractivity contribution in [1.29, 1.82) is 0 Å². The van der Waals surface area contributed by atoms with E-state index < -0.39 is 0 Å². The van der Waals surface area contributed by atoms with Crippen LogP contribution < -0.4 is 0 Å². The Kier molecular flexibility index (Phi) is 3.82. The van der Waals surface area contributed by atoms with Crippen molar-refractivity contribution in [3.8, 4) is 0 Å². The van der Waals surface area contributed by atoms with Gasteiger partial charge in [0.1, 0.15) is 0 Å². The molecule has 92 valence electrons. The number of aromatic nitrogens is 1. The highest BCUT2D eigenvalue weighted by molar-refractivity contribution is 9.10. The third kappa shape index (κ3) is 2.68. The lowest BCUT2D eigenvalue weighted by Gasteiger charge is -2.37. The number of nitrogens with zero attached hydrogens (tertiary/aromatic N) is 2. The topological polar surface area (TPSA) is 33.2 Å². The molecule has 0 saturated carbocycles. The zero-order valence-corrected chi connectivity index (χ0v) is 11.8. The predicted octanol–water partition coefficient (Wildman–Crippen LogP) is 3.10. The largest absolute Gasteiger partial charge is 0.336 e. The van der Waals surface area contributed by atoms with E-state index in [0.29, 0.717) is 17.5 Å². The van der Waals surface area contributed by atoms with E-state index in [2.05, 4.69) is 34.8 Å². The van der Waals surface area contributed by atoms with Gasteiger partial charge in [-0.2, -0.15) is 0 Å². The second-order valence-electron chi connectivity index (χ2n) is 4.75. The molecule has 4 heteroatoms. The van der Waals surface area contributed by atoms with Gasteiger partial charge >= 0.3 is 0 Å². The number of carbonyl (C=O) groups excluding carboxylic acids is 1. The Balaban J connectivity index is 2.19. The Morgan fingerprint density at radius 2 is 2.24 bits per heavy atom. The van der Waals surface area contributed by atoms with Gasteiger partial charge in [0.05, 0.1) is 5.56 Å². The molecule has 1 amide bonds. The van der Waals surface area contributed by atoms with E-state index in [9.17, 15) is 4.79 Å². The summed E-state index contributed by atoms with van der Waals surface area (Å²) in [5, 5.41) is 0. The fourth-order valence-corrected chi connectivity index (χ4v) is 2.68. The summed E-state index contributed by atoms with van der Waals surface area (Å²) in [5.74, 6) is 0.672. The molecule has 1 aliphatic heterocycles. The van der Waals surface area contributed by atoms with Crippen LogP contribution in [0.1, 0.15) is 37.0 Å². The number of rotatable bonds is 1. The molecule has 0 N–H and O–H groups in total. The molecule has 2 unspecified atom stereocenters. The number of carbonyl (C=O) groups is 1. The van der Waals surface area contributed by atoms with Crippen LogP contribution in [0.2, 0.25) is 0 Å². The number of amides is 1. The van der Waals surface area contributed by atoms with Gasteiger partial charge in [0.25, 0.3) is 5.91 Å². The smallest absolute Gasteiger partial charge is 0.255 e. The van der Waals surface area contributed by atoms with Gasteiger partial charge in [0.15, 0.2) is 0 Å². The zero-order chi connectivity index (χ0) is 12.4. The van der Waals surface area contributed by atoms with E-state index >= 15 is 0 Å². The van der Waals surface area contributed by atoms with Crippen LogP contribution in [0, 0.1) is 5.92 Å². The van der Waals surface area contributed by atoms with E-state index in [4.69, 9.17) is 0 Å². The van der Waals surface area contributed by atoms with Crippen molar-refractivity contribution >= 4 is 21.8 Å². The molecule has 1 saturated heterocycles. The Labute approximate surface area is 110 Å². The summed E-state index contributed by atoms with van der Waals surface area (Å²) < 4.78 is 0.848. The third-order valence-corrected chi connectivity index (χ3v) is 4.02.